The van der Waals surface area contributed by atoms with Crippen LogP contribution in [0.5, 0.6) is 0 Å². The van der Waals surface area contributed by atoms with Crippen molar-refractivity contribution in [1.82, 2.24) is 9.78 Å². The molecule has 2 unspecified atom stereocenters. The van der Waals surface area contributed by atoms with Gasteiger partial charge < -0.3 is 10.5 Å². The molecule has 0 bridgehead atoms. The van der Waals surface area contributed by atoms with Crippen LogP contribution in [-0.2, 0) is 9.53 Å². The molecule has 1 aliphatic rings. The zero-order valence-corrected chi connectivity index (χ0v) is 12.3. The number of nitrogens with zero attached hydrogens (tertiary/aromatic N) is 2. The molecule has 5 nitrogen and oxygen atoms in total. The first-order valence-electron chi connectivity index (χ1n) is 6.47. The van der Waals surface area contributed by atoms with Crippen molar-refractivity contribution in [2.45, 2.75) is 51.1 Å². The van der Waals surface area contributed by atoms with Gasteiger partial charge in [0.1, 0.15) is 5.54 Å². The molecule has 1 aromatic rings. The number of halogens is 1. The third-order valence-corrected chi connectivity index (χ3v) is 4.48. The van der Waals surface area contributed by atoms with Gasteiger partial charge in [-0.1, -0.05) is 11.6 Å². The SMILES string of the molecule is COC(=O)C1(N)CCCC(n2nc(C)c(Cl)c2C)C1. The summed E-state index contributed by atoms with van der Waals surface area (Å²) in [6.45, 7) is 3.82. The van der Waals surface area contributed by atoms with Crippen LogP contribution in [0.2, 0.25) is 5.02 Å². The van der Waals surface area contributed by atoms with Crippen molar-refractivity contribution in [2.75, 3.05) is 7.11 Å². The third-order valence-electron chi connectivity index (χ3n) is 3.93. The normalized spacial score (nSPS) is 27.3. The lowest BCUT2D eigenvalue weighted by Gasteiger charge is -2.35. The molecule has 1 fully saturated rings. The lowest BCUT2D eigenvalue weighted by atomic mass is 9.79. The van der Waals surface area contributed by atoms with E-state index in [-0.39, 0.29) is 12.0 Å². The molecule has 2 rings (SSSR count). The fourth-order valence-corrected chi connectivity index (χ4v) is 3.00. The average Bonchev–Trinajstić information content (AvgIpc) is 2.65. The maximum atomic E-state index is 11.8. The zero-order valence-electron chi connectivity index (χ0n) is 11.6. The number of hydrogen-bond acceptors (Lipinski definition) is 4. The number of ether oxygens (including phenoxy) is 1. The lowest BCUT2D eigenvalue weighted by Crippen LogP contribution is -2.52. The second kappa shape index (κ2) is 5.13. The Morgan fingerprint density at radius 2 is 2.26 bits per heavy atom. The highest BCUT2D eigenvalue weighted by Gasteiger charge is 2.41. The molecule has 19 heavy (non-hydrogen) atoms. The van der Waals surface area contributed by atoms with Crippen molar-refractivity contribution in [1.29, 1.82) is 0 Å². The Labute approximate surface area is 118 Å². The smallest absolute Gasteiger partial charge is 0.325 e. The maximum Gasteiger partial charge on any atom is 0.325 e. The molecule has 0 saturated heterocycles. The van der Waals surface area contributed by atoms with Gasteiger partial charge in [-0.15, -0.1) is 0 Å². The van der Waals surface area contributed by atoms with Gasteiger partial charge in [-0.2, -0.15) is 5.10 Å². The van der Waals surface area contributed by atoms with Gasteiger partial charge in [-0.3, -0.25) is 9.48 Å². The van der Waals surface area contributed by atoms with Crippen molar-refractivity contribution < 1.29 is 9.53 Å². The average molecular weight is 286 g/mol. The molecular formula is C13H20ClN3O2. The second-order valence-corrected chi connectivity index (χ2v) is 5.71. The van der Waals surface area contributed by atoms with Gasteiger partial charge in [-0.05, 0) is 39.5 Å². The first-order valence-corrected chi connectivity index (χ1v) is 6.85. The Hall–Kier alpha value is -1.07. The standard InChI is InChI=1S/C13H20ClN3O2/c1-8-11(14)9(2)17(16-8)10-5-4-6-13(15,7-10)12(18)19-3/h10H,4-7,15H2,1-3H3. The molecule has 1 aliphatic carbocycles. The molecule has 0 aromatic carbocycles. The highest BCUT2D eigenvalue weighted by molar-refractivity contribution is 6.31. The van der Waals surface area contributed by atoms with Gasteiger partial charge in [0.25, 0.3) is 0 Å². The summed E-state index contributed by atoms with van der Waals surface area (Å²) >= 11 is 6.17. The number of aromatic nitrogens is 2. The number of methoxy groups -OCH3 is 1. The van der Waals surface area contributed by atoms with E-state index in [0.717, 1.165) is 24.2 Å². The molecule has 1 aromatic heterocycles. The Bertz CT molecular complexity index is 500. The highest BCUT2D eigenvalue weighted by Crippen LogP contribution is 2.36. The molecule has 6 heteroatoms. The quantitative estimate of drug-likeness (QED) is 0.845. The molecule has 2 atom stereocenters. The van der Waals surface area contributed by atoms with Crippen LogP contribution in [0.4, 0.5) is 0 Å². The molecule has 1 saturated carbocycles. The number of rotatable bonds is 2. The molecule has 0 aliphatic heterocycles. The van der Waals surface area contributed by atoms with Gasteiger partial charge in [0.05, 0.1) is 29.6 Å². The molecule has 0 spiro atoms. The van der Waals surface area contributed by atoms with E-state index in [1.165, 1.54) is 7.11 Å². The fraction of sp³-hybridized carbons (Fsp3) is 0.692. The van der Waals surface area contributed by atoms with E-state index >= 15 is 0 Å². The van der Waals surface area contributed by atoms with Gasteiger partial charge in [-0.25, -0.2) is 0 Å². The number of carbonyl (C=O) groups is 1. The summed E-state index contributed by atoms with van der Waals surface area (Å²) in [6.07, 6.45) is 3.03. The Morgan fingerprint density at radius 3 is 2.79 bits per heavy atom. The number of aryl methyl sites for hydroxylation is 1. The first kappa shape index (κ1) is 14.3. The molecule has 1 heterocycles. The van der Waals surface area contributed by atoms with E-state index in [2.05, 4.69) is 5.10 Å². The predicted molar refractivity (Wildman–Crippen MR) is 73.2 cm³/mol. The predicted octanol–water partition coefficient (Wildman–Crippen LogP) is 2.14. The first-order chi connectivity index (χ1) is 8.89. The van der Waals surface area contributed by atoms with Crippen LogP contribution in [0, 0.1) is 13.8 Å². The van der Waals surface area contributed by atoms with Crippen LogP contribution in [-0.4, -0.2) is 28.4 Å². The largest absolute Gasteiger partial charge is 0.468 e. The van der Waals surface area contributed by atoms with Crippen LogP contribution in [0.1, 0.15) is 43.1 Å². The Kier molecular flexibility index (Phi) is 3.87. The summed E-state index contributed by atoms with van der Waals surface area (Å²) in [5.74, 6) is -0.343. The second-order valence-electron chi connectivity index (χ2n) is 5.33. The summed E-state index contributed by atoms with van der Waals surface area (Å²) in [7, 11) is 1.38. The molecule has 0 radical (unpaired) electrons. The van der Waals surface area contributed by atoms with Crippen LogP contribution >= 0.6 is 11.6 Å². The lowest BCUT2D eigenvalue weighted by molar-refractivity contribution is -0.149. The van der Waals surface area contributed by atoms with Gasteiger partial charge in [0.15, 0.2) is 0 Å². The van der Waals surface area contributed by atoms with E-state index in [1.807, 2.05) is 18.5 Å². The van der Waals surface area contributed by atoms with Crippen LogP contribution in [0.3, 0.4) is 0 Å². The minimum Gasteiger partial charge on any atom is -0.468 e. The summed E-state index contributed by atoms with van der Waals surface area (Å²) in [5, 5.41) is 5.15. The van der Waals surface area contributed by atoms with Crippen molar-refractivity contribution in [3.8, 4) is 0 Å². The van der Waals surface area contributed by atoms with Crippen molar-refractivity contribution in [3.63, 3.8) is 0 Å². The monoisotopic (exact) mass is 285 g/mol. The van der Waals surface area contributed by atoms with Gasteiger partial charge in [0, 0.05) is 0 Å². The van der Waals surface area contributed by atoms with Crippen molar-refractivity contribution >= 4 is 17.6 Å². The zero-order chi connectivity index (χ0) is 14.2. The minimum absolute atomic E-state index is 0.101. The molecule has 0 amide bonds. The topological polar surface area (TPSA) is 70.1 Å². The molecule has 2 N–H and O–H groups in total. The van der Waals surface area contributed by atoms with E-state index < -0.39 is 5.54 Å². The number of nitrogens with two attached hydrogens (primary N) is 1. The number of hydrogen-bond donors (Lipinski definition) is 1. The summed E-state index contributed by atoms with van der Waals surface area (Å²) < 4.78 is 6.72. The van der Waals surface area contributed by atoms with Gasteiger partial charge in [0.2, 0.25) is 0 Å². The maximum absolute atomic E-state index is 11.8. The minimum atomic E-state index is -0.906. The van der Waals surface area contributed by atoms with E-state index in [0.29, 0.717) is 17.9 Å². The van der Waals surface area contributed by atoms with Crippen molar-refractivity contribution in [2.24, 2.45) is 5.73 Å². The summed E-state index contributed by atoms with van der Waals surface area (Å²) in [4.78, 5) is 11.8. The van der Waals surface area contributed by atoms with Crippen LogP contribution in [0.15, 0.2) is 0 Å². The van der Waals surface area contributed by atoms with Crippen LogP contribution in [0.25, 0.3) is 0 Å². The fourth-order valence-electron chi connectivity index (χ4n) is 2.87. The van der Waals surface area contributed by atoms with E-state index in [4.69, 9.17) is 22.1 Å². The van der Waals surface area contributed by atoms with E-state index in [1.54, 1.807) is 0 Å². The number of esters is 1. The Morgan fingerprint density at radius 1 is 1.58 bits per heavy atom. The Balaban J connectivity index is 2.26. The summed E-state index contributed by atoms with van der Waals surface area (Å²) in [6, 6.07) is 0.101. The molecular weight excluding hydrogens is 266 g/mol. The number of carbonyl (C=O) groups excluding carboxylic acids is 1. The van der Waals surface area contributed by atoms with Crippen LogP contribution < -0.4 is 5.73 Å². The third kappa shape index (κ3) is 2.49. The summed E-state index contributed by atoms with van der Waals surface area (Å²) in [5.41, 5.74) is 7.02. The van der Waals surface area contributed by atoms with Gasteiger partial charge >= 0.3 is 5.97 Å². The molecule has 106 valence electrons. The van der Waals surface area contributed by atoms with Crippen molar-refractivity contribution in [3.05, 3.63) is 16.4 Å². The van der Waals surface area contributed by atoms with E-state index in [9.17, 15) is 4.79 Å². The highest BCUT2D eigenvalue weighted by atomic mass is 35.5.